The fourth-order valence-electron chi connectivity index (χ4n) is 2.53. The minimum atomic E-state index is 0.363. The van der Waals surface area contributed by atoms with Gasteiger partial charge in [0.05, 0.1) is 6.61 Å². The molecule has 2 fully saturated rings. The average Bonchev–Trinajstić information content (AvgIpc) is 2.59. The first-order chi connectivity index (χ1) is 7.27. The smallest absolute Gasteiger partial charge is 0.111 e. The van der Waals surface area contributed by atoms with Crippen LogP contribution in [0.3, 0.4) is 0 Å². The predicted molar refractivity (Wildman–Crippen MR) is 61.9 cm³/mol. The lowest BCUT2D eigenvalue weighted by molar-refractivity contribution is 0.0274. The van der Waals surface area contributed by atoms with Crippen molar-refractivity contribution < 1.29 is 4.74 Å². The highest BCUT2D eigenvalue weighted by Gasteiger charge is 2.28. The quantitative estimate of drug-likeness (QED) is 0.706. The first-order valence-corrected chi connectivity index (χ1v) is 6.33. The Bertz CT molecular complexity index is 192. The SMILES string of the molecule is C[C@@H]1COC(CCN2CCCCC2)N1C. The predicted octanol–water partition coefficient (Wildman–Crippen LogP) is 1.54. The number of nitrogens with zero attached hydrogens (tertiary/aromatic N) is 2. The molecule has 2 aliphatic heterocycles. The summed E-state index contributed by atoms with van der Waals surface area (Å²) >= 11 is 0. The summed E-state index contributed by atoms with van der Waals surface area (Å²) in [7, 11) is 2.18. The first kappa shape index (κ1) is 11.4. The molecule has 2 saturated heterocycles. The van der Waals surface area contributed by atoms with E-state index in [0.29, 0.717) is 12.3 Å². The first-order valence-electron chi connectivity index (χ1n) is 6.33. The van der Waals surface area contributed by atoms with Crippen molar-refractivity contribution in [2.75, 3.05) is 33.3 Å². The van der Waals surface area contributed by atoms with Crippen LogP contribution < -0.4 is 0 Å². The Morgan fingerprint density at radius 3 is 2.53 bits per heavy atom. The zero-order valence-electron chi connectivity index (χ0n) is 10.1. The van der Waals surface area contributed by atoms with Crippen LogP contribution in [0, 0.1) is 0 Å². The molecule has 0 aromatic heterocycles. The summed E-state index contributed by atoms with van der Waals surface area (Å²) in [6.07, 6.45) is 5.73. The van der Waals surface area contributed by atoms with Crippen molar-refractivity contribution >= 4 is 0 Å². The molecule has 0 aromatic rings. The molecule has 15 heavy (non-hydrogen) atoms. The Kier molecular flexibility index (Phi) is 4.00. The Morgan fingerprint density at radius 1 is 1.20 bits per heavy atom. The number of likely N-dealkylation sites (tertiary alicyclic amines) is 1. The van der Waals surface area contributed by atoms with Crippen LogP contribution >= 0.6 is 0 Å². The van der Waals surface area contributed by atoms with Gasteiger partial charge in [0.2, 0.25) is 0 Å². The van der Waals surface area contributed by atoms with E-state index in [9.17, 15) is 0 Å². The van der Waals surface area contributed by atoms with Crippen LogP contribution in [0.2, 0.25) is 0 Å². The van der Waals surface area contributed by atoms with Crippen molar-refractivity contribution in [2.45, 2.75) is 44.9 Å². The maximum Gasteiger partial charge on any atom is 0.111 e. The molecule has 0 spiro atoms. The highest BCUT2D eigenvalue weighted by atomic mass is 16.5. The van der Waals surface area contributed by atoms with Crippen molar-refractivity contribution in [2.24, 2.45) is 0 Å². The van der Waals surface area contributed by atoms with Crippen molar-refractivity contribution in [1.82, 2.24) is 9.80 Å². The van der Waals surface area contributed by atoms with Gasteiger partial charge in [-0.05, 0) is 46.3 Å². The monoisotopic (exact) mass is 212 g/mol. The number of ether oxygens (including phenoxy) is 1. The van der Waals surface area contributed by atoms with Crippen molar-refractivity contribution in [3.63, 3.8) is 0 Å². The van der Waals surface area contributed by atoms with Gasteiger partial charge in [0.15, 0.2) is 0 Å². The van der Waals surface area contributed by atoms with Gasteiger partial charge >= 0.3 is 0 Å². The topological polar surface area (TPSA) is 15.7 Å². The van der Waals surface area contributed by atoms with Gasteiger partial charge < -0.3 is 9.64 Å². The van der Waals surface area contributed by atoms with Crippen LogP contribution in [-0.2, 0) is 4.74 Å². The number of hydrogen-bond acceptors (Lipinski definition) is 3. The van der Waals surface area contributed by atoms with Gasteiger partial charge in [-0.1, -0.05) is 6.42 Å². The van der Waals surface area contributed by atoms with Crippen LogP contribution in [0.5, 0.6) is 0 Å². The van der Waals surface area contributed by atoms with Gasteiger partial charge in [0.1, 0.15) is 6.23 Å². The molecule has 0 aromatic carbocycles. The Labute approximate surface area is 93.4 Å². The molecule has 2 rings (SSSR count). The second-order valence-corrected chi connectivity index (χ2v) is 4.99. The number of rotatable bonds is 3. The van der Waals surface area contributed by atoms with Gasteiger partial charge in [0.25, 0.3) is 0 Å². The lowest BCUT2D eigenvalue weighted by Gasteiger charge is -2.29. The fraction of sp³-hybridized carbons (Fsp3) is 1.00. The molecular weight excluding hydrogens is 188 g/mol. The molecule has 3 heteroatoms. The fourth-order valence-corrected chi connectivity index (χ4v) is 2.53. The molecule has 0 bridgehead atoms. The van der Waals surface area contributed by atoms with E-state index < -0.39 is 0 Å². The minimum absolute atomic E-state index is 0.363. The van der Waals surface area contributed by atoms with Crippen LogP contribution in [0.25, 0.3) is 0 Å². The zero-order valence-corrected chi connectivity index (χ0v) is 10.1. The number of likely N-dealkylation sites (N-methyl/N-ethyl adjacent to an activating group) is 1. The Morgan fingerprint density at radius 2 is 1.93 bits per heavy atom. The zero-order chi connectivity index (χ0) is 10.7. The van der Waals surface area contributed by atoms with E-state index in [1.54, 1.807) is 0 Å². The maximum absolute atomic E-state index is 5.77. The summed E-state index contributed by atoms with van der Waals surface area (Å²) in [5.41, 5.74) is 0. The summed E-state index contributed by atoms with van der Waals surface area (Å²) in [6, 6.07) is 0.594. The van der Waals surface area contributed by atoms with Crippen LogP contribution in [0.1, 0.15) is 32.6 Å². The van der Waals surface area contributed by atoms with E-state index in [1.165, 1.54) is 45.3 Å². The normalized spacial score (nSPS) is 34.8. The molecule has 0 saturated carbocycles. The lowest BCUT2D eigenvalue weighted by Crippen LogP contribution is -2.37. The lowest BCUT2D eigenvalue weighted by atomic mass is 10.1. The third-order valence-electron chi connectivity index (χ3n) is 3.82. The van der Waals surface area contributed by atoms with Crippen LogP contribution in [0.4, 0.5) is 0 Å². The summed E-state index contributed by atoms with van der Waals surface area (Å²) < 4.78 is 5.77. The molecule has 1 unspecified atom stereocenters. The second-order valence-electron chi connectivity index (χ2n) is 4.99. The third kappa shape index (κ3) is 2.92. The van der Waals surface area contributed by atoms with E-state index in [0.717, 1.165) is 6.61 Å². The highest BCUT2D eigenvalue weighted by Crippen LogP contribution is 2.18. The highest BCUT2D eigenvalue weighted by molar-refractivity contribution is 4.75. The van der Waals surface area contributed by atoms with E-state index in [2.05, 4.69) is 23.8 Å². The molecule has 0 amide bonds. The minimum Gasteiger partial charge on any atom is -0.361 e. The van der Waals surface area contributed by atoms with Crippen LogP contribution in [0.15, 0.2) is 0 Å². The molecule has 3 nitrogen and oxygen atoms in total. The molecule has 0 radical (unpaired) electrons. The standard InChI is InChI=1S/C12H24N2O/c1-11-10-15-12(13(11)2)6-9-14-7-4-3-5-8-14/h11-12H,3-10H2,1-2H3/t11-,12?/m1/s1. The van der Waals surface area contributed by atoms with Crippen molar-refractivity contribution in [3.8, 4) is 0 Å². The van der Waals surface area contributed by atoms with E-state index >= 15 is 0 Å². The third-order valence-corrected chi connectivity index (χ3v) is 3.82. The number of hydrogen-bond donors (Lipinski definition) is 0. The molecule has 2 atom stereocenters. The van der Waals surface area contributed by atoms with Crippen molar-refractivity contribution in [3.05, 3.63) is 0 Å². The molecule has 0 N–H and O–H groups in total. The van der Waals surface area contributed by atoms with Gasteiger partial charge in [0, 0.05) is 12.6 Å². The van der Waals surface area contributed by atoms with E-state index in [4.69, 9.17) is 4.74 Å². The second kappa shape index (κ2) is 5.28. The average molecular weight is 212 g/mol. The molecular formula is C12H24N2O. The molecule has 0 aliphatic carbocycles. The largest absolute Gasteiger partial charge is 0.361 e. The van der Waals surface area contributed by atoms with Gasteiger partial charge in [-0.15, -0.1) is 0 Å². The molecule has 2 aliphatic rings. The van der Waals surface area contributed by atoms with Crippen molar-refractivity contribution in [1.29, 1.82) is 0 Å². The number of piperidine rings is 1. The summed E-state index contributed by atoms with van der Waals surface area (Å²) in [5, 5.41) is 0. The Balaban J connectivity index is 1.68. The molecule has 2 heterocycles. The van der Waals surface area contributed by atoms with Crippen LogP contribution in [-0.4, -0.2) is 55.4 Å². The summed E-state index contributed by atoms with van der Waals surface area (Å²) in [6.45, 7) is 6.95. The van der Waals surface area contributed by atoms with Gasteiger partial charge in [-0.3, -0.25) is 4.90 Å². The van der Waals surface area contributed by atoms with E-state index in [-0.39, 0.29) is 0 Å². The van der Waals surface area contributed by atoms with E-state index in [1.807, 2.05) is 0 Å². The summed E-state index contributed by atoms with van der Waals surface area (Å²) in [4.78, 5) is 4.95. The maximum atomic E-state index is 5.77. The molecule has 88 valence electrons. The summed E-state index contributed by atoms with van der Waals surface area (Å²) in [5.74, 6) is 0. The van der Waals surface area contributed by atoms with Gasteiger partial charge in [-0.25, -0.2) is 0 Å². The Hall–Kier alpha value is -0.120. The van der Waals surface area contributed by atoms with Gasteiger partial charge in [-0.2, -0.15) is 0 Å².